The van der Waals surface area contributed by atoms with Crippen molar-refractivity contribution in [3.05, 3.63) is 29.3 Å². The van der Waals surface area contributed by atoms with Crippen molar-refractivity contribution in [1.29, 1.82) is 0 Å². The molecule has 4 nitrogen and oxygen atoms in total. The summed E-state index contributed by atoms with van der Waals surface area (Å²) in [7, 11) is 0. The topological polar surface area (TPSA) is 55.8 Å². The van der Waals surface area contributed by atoms with Crippen molar-refractivity contribution < 1.29 is 19.4 Å². The number of hydrogen-bond donors (Lipinski definition) is 1. The van der Waals surface area contributed by atoms with Gasteiger partial charge in [0.15, 0.2) is 0 Å². The van der Waals surface area contributed by atoms with Gasteiger partial charge in [-0.15, -0.1) is 0 Å². The summed E-state index contributed by atoms with van der Waals surface area (Å²) in [4.78, 5) is 11.1. The van der Waals surface area contributed by atoms with E-state index in [1.165, 1.54) is 0 Å². The van der Waals surface area contributed by atoms with Gasteiger partial charge in [0.2, 0.25) is 0 Å². The zero-order valence-electron chi connectivity index (χ0n) is 10.5. The van der Waals surface area contributed by atoms with Crippen LogP contribution < -0.4 is 4.74 Å². The number of carboxylic acids is 1. The molecule has 1 heterocycles. The molecule has 2 rings (SSSR count). The zero-order chi connectivity index (χ0) is 13.0. The Balaban J connectivity index is 1.97. The lowest BCUT2D eigenvalue weighted by Gasteiger charge is -2.14. The van der Waals surface area contributed by atoms with Crippen molar-refractivity contribution in [3.8, 4) is 5.75 Å². The summed E-state index contributed by atoms with van der Waals surface area (Å²) in [6.07, 6.45) is 3.26. The van der Waals surface area contributed by atoms with Crippen molar-refractivity contribution >= 4 is 5.97 Å². The first-order chi connectivity index (χ1) is 8.68. The van der Waals surface area contributed by atoms with Gasteiger partial charge in [-0.1, -0.05) is 12.1 Å². The number of aryl methyl sites for hydroxylation is 1. The predicted octanol–water partition coefficient (Wildman–Crippen LogP) is 2.64. The van der Waals surface area contributed by atoms with Crippen LogP contribution in [0.15, 0.2) is 18.2 Å². The third kappa shape index (κ3) is 3.01. The molecule has 4 heteroatoms. The van der Waals surface area contributed by atoms with Crippen LogP contribution >= 0.6 is 0 Å². The second kappa shape index (κ2) is 5.87. The molecular weight excluding hydrogens is 232 g/mol. The molecule has 1 saturated heterocycles. The summed E-state index contributed by atoms with van der Waals surface area (Å²) in [6, 6.07) is 5.15. The fourth-order valence-electron chi connectivity index (χ4n) is 2.18. The number of hydrogen-bond acceptors (Lipinski definition) is 3. The molecule has 0 radical (unpaired) electrons. The van der Waals surface area contributed by atoms with Crippen molar-refractivity contribution in [1.82, 2.24) is 0 Å². The number of carboxylic acid groups (broad SMARTS) is 1. The first kappa shape index (κ1) is 12.9. The maximum atomic E-state index is 11.1. The van der Waals surface area contributed by atoms with Crippen LogP contribution in [0.3, 0.4) is 0 Å². The van der Waals surface area contributed by atoms with Gasteiger partial charge in [-0.3, -0.25) is 0 Å². The summed E-state index contributed by atoms with van der Waals surface area (Å²) in [6.45, 7) is 3.18. The number of benzene rings is 1. The minimum Gasteiger partial charge on any atom is -0.492 e. The average molecular weight is 250 g/mol. The average Bonchev–Trinajstić information content (AvgIpc) is 2.84. The van der Waals surface area contributed by atoms with E-state index in [-0.39, 0.29) is 11.7 Å². The summed E-state index contributed by atoms with van der Waals surface area (Å²) < 4.78 is 11.1. The number of rotatable bonds is 5. The number of carbonyl (C=O) groups is 1. The first-order valence-corrected chi connectivity index (χ1v) is 6.26. The Labute approximate surface area is 107 Å². The SMILES string of the molecule is Cc1cccc(C(=O)O)c1OCCC1CCCO1. The summed E-state index contributed by atoms with van der Waals surface area (Å²) in [5.74, 6) is -0.478. The minimum atomic E-state index is -0.953. The van der Waals surface area contributed by atoms with E-state index in [1.807, 2.05) is 13.0 Å². The molecular formula is C14H18O4. The van der Waals surface area contributed by atoms with Crippen LogP contribution in [0, 0.1) is 6.92 Å². The third-order valence-electron chi connectivity index (χ3n) is 3.15. The van der Waals surface area contributed by atoms with Gasteiger partial charge in [0.05, 0.1) is 12.7 Å². The highest BCUT2D eigenvalue weighted by atomic mass is 16.5. The molecule has 18 heavy (non-hydrogen) atoms. The molecule has 98 valence electrons. The molecule has 0 bridgehead atoms. The van der Waals surface area contributed by atoms with E-state index >= 15 is 0 Å². The molecule has 0 aromatic heterocycles. The number of aromatic carboxylic acids is 1. The van der Waals surface area contributed by atoms with Crippen LogP contribution in [0.1, 0.15) is 35.2 Å². The number of para-hydroxylation sites is 1. The van der Waals surface area contributed by atoms with Crippen LogP contribution in [-0.4, -0.2) is 30.4 Å². The van der Waals surface area contributed by atoms with Gasteiger partial charge >= 0.3 is 5.97 Å². The fourth-order valence-corrected chi connectivity index (χ4v) is 2.18. The number of ether oxygens (including phenoxy) is 2. The van der Waals surface area contributed by atoms with Gasteiger partial charge < -0.3 is 14.6 Å². The van der Waals surface area contributed by atoms with Crippen LogP contribution in [-0.2, 0) is 4.74 Å². The Morgan fingerprint density at radius 1 is 1.56 bits per heavy atom. The van der Waals surface area contributed by atoms with E-state index in [9.17, 15) is 4.79 Å². The fraction of sp³-hybridized carbons (Fsp3) is 0.500. The Hall–Kier alpha value is -1.55. The first-order valence-electron chi connectivity index (χ1n) is 6.26. The van der Waals surface area contributed by atoms with Crippen molar-refractivity contribution in [2.75, 3.05) is 13.2 Å². The van der Waals surface area contributed by atoms with E-state index in [0.29, 0.717) is 12.4 Å². The Kier molecular flexibility index (Phi) is 4.20. The van der Waals surface area contributed by atoms with Crippen LogP contribution in [0.2, 0.25) is 0 Å². The van der Waals surface area contributed by atoms with Gasteiger partial charge in [0.1, 0.15) is 11.3 Å². The maximum absolute atomic E-state index is 11.1. The lowest BCUT2D eigenvalue weighted by molar-refractivity contribution is 0.0688. The van der Waals surface area contributed by atoms with Crippen molar-refractivity contribution in [3.63, 3.8) is 0 Å². The summed E-state index contributed by atoms with van der Waals surface area (Å²) >= 11 is 0. The molecule has 1 aromatic rings. The Morgan fingerprint density at radius 2 is 2.39 bits per heavy atom. The molecule has 1 aliphatic heterocycles. The van der Waals surface area contributed by atoms with Gasteiger partial charge in [0.25, 0.3) is 0 Å². The highest BCUT2D eigenvalue weighted by Gasteiger charge is 2.17. The zero-order valence-corrected chi connectivity index (χ0v) is 10.5. The van der Waals surface area contributed by atoms with Crippen molar-refractivity contribution in [2.45, 2.75) is 32.3 Å². The summed E-state index contributed by atoms with van der Waals surface area (Å²) in [5, 5.41) is 9.10. The predicted molar refractivity (Wildman–Crippen MR) is 67.2 cm³/mol. The highest BCUT2D eigenvalue weighted by molar-refractivity contribution is 5.91. The van der Waals surface area contributed by atoms with E-state index in [0.717, 1.165) is 31.4 Å². The van der Waals surface area contributed by atoms with E-state index in [1.54, 1.807) is 12.1 Å². The lowest BCUT2D eigenvalue weighted by atomic mass is 10.1. The smallest absolute Gasteiger partial charge is 0.339 e. The monoisotopic (exact) mass is 250 g/mol. The van der Waals surface area contributed by atoms with Crippen LogP contribution in [0.5, 0.6) is 5.75 Å². The van der Waals surface area contributed by atoms with Crippen LogP contribution in [0.4, 0.5) is 0 Å². The van der Waals surface area contributed by atoms with Gasteiger partial charge in [-0.05, 0) is 31.4 Å². The standard InChI is InChI=1S/C14H18O4/c1-10-4-2-6-12(14(15)16)13(10)18-9-7-11-5-3-8-17-11/h2,4,6,11H,3,5,7-9H2,1H3,(H,15,16). The van der Waals surface area contributed by atoms with Crippen LogP contribution in [0.25, 0.3) is 0 Å². The van der Waals surface area contributed by atoms with E-state index < -0.39 is 5.97 Å². The normalized spacial score (nSPS) is 18.8. The second-order valence-electron chi connectivity index (χ2n) is 4.53. The molecule has 1 unspecified atom stereocenters. The summed E-state index contributed by atoms with van der Waals surface area (Å²) in [5.41, 5.74) is 1.07. The molecule has 1 N–H and O–H groups in total. The van der Waals surface area contributed by atoms with E-state index in [2.05, 4.69) is 0 Å². The van der Waals surface area contributed by atoms with E-state index in [4.69, 9.17) is 14.6 Å². The van der Waals surface area contributed by atoms with Crippen molar-refractivity contribution in [2.24, 2.45) is 0 Å². The van der Waals surface area contributed by atoms with Gasteiger partial charge in [-0.25, -0.2) is 4.79 Å². The second-order valence-corrected chi connectivity index (χ2v) is 4.53. The Bertz CT molecular complexity index is 422. The third-order valence-corrected chi connectivity index (χ3v) is 3.15. The van der Waals surface area contributed by atoms with Gasteiger partial charge in [-0.2, -0.15) is 0 Å². The molecule has 1 fully saturated rings. The molecule has 1 atom stereocenters. The molecule has 0 spiro atoms. The van der Waals surface area contributed by atoms with Gasteiger partial charge in [0, 0.05) is 13.0 Å². The minimum absolute atomic E-state index is 0.224. The molecule has 1 aromatic carbocycles. The molecule has 0 amide bonds. The lowest BCUT2D eigenvalue weighted by Crippen LogP contribution is -2.12. The largest absolute Gasteiger partial charge is 0.492 e. The molecule has 1 aliphatic rings. The quantitative estimate of drug-likeness (QED) is 0.872. The molecule has 0 saturated carbocycles. The Morgan fingerprint density at radius 3 is 3.06 bits per heavy atom. The maximum Gasteiger partial charge on any atom is 0.339 e. The highest BCUT2D eigenvalue weighted by Crippen LogP contribution is 2.24. The molecule has 0 aliphatic carbocycles.